The fraction of sp³-hybridized carbons (Fsp3) is 0.478. The normalized spacial score (nSPS) is 27.8. The molecule has 4 heterocycles. The highest BCUT2D eigenvalue weighted by Gasteiger charge is 2.72. The van der Waals surface area contributed by atoms with Crippen molar-refractivity contribution in [3.8, 4) is 0 Å². The molecule has 14 heteroatoms. The Kier molecular flexibility index (Phi) is 6.77. The maximum absolute atomic E-state index is 13.8. The molecule has 3 aliphatic heterocycles. The molecule has 2 fully saturated rings. The fourth-order valence-corrected chi connectivity index (χ4v) is 7.53. The van der Waals surface area contributed by atoms with E-state index in [0.717, 1.165) is 0 Å². The molecule has 1 aromatic rings. The highest BCUT2D eigenvalue weighted by molar-refractivity contribution is 8.76. The van der Waals surface area contributed by atoms with Gasteiger partial charge in [0.2, 0.25) is 5.78 Å². The van der Waals surface area contributed by atoms with Crippen molar-refractivity contribution in [2.75, 3.05) is 26.0 Å². The first-order chi connectivity index (χ1) is 17.7. The van der Waals surface area contributed by atoms with Gasteiger partial charge in [-0.3, -0.25) is 19.7 Å². The average molecular weight is 548 g/mol. The van der Waals surface area contributed by atoms with Crippen LogP contribution in [0.1, 0.15) is 19.8 Å². The van der Waals surface area contributed by atoms with Gasteiger partial charge in [0.05, 0.1) is 22.6 Å². The number of pyridine rings is 1. The lowest BCUT2D eigenvalue weighted by atomic mass is 9.79. The number of nitro groups is 1. The van der Waals surface area contributed by atoms with Gasteiger partial charge in [-0.1, -0.05) is 10.8 Å². The molecule has 0 bridgehead atoms. The molecule has 4 atom stereocenters. The number of nitrogens with zero attached hydrogens (tertiary/aromatic N) is 3. The third-order valence-electron chi connectivity index (χ3n) is 7.28. The molecule has 0 radical (unpaired) electrons. The first-order valence-electron chi connectivity index (χ1n) is 11.6. The summed E-state index contributed by atoms with van der Waals surface area (Å²) >= 11 is 0. The van der Waals surface area contributed by atoms with Crippen molar-refractivity contribution in [1.82, 2.24) is 15.2 Å². The van der Waals surface area contributed by atoms with Crippen molar-refractivity contribution in [1.29, 1.82) is 0 Å². The minimum Gasteiger partial charge on any atom is -0.449 e. The van der Waals surface area contributed by atoms with E-state index in [-0.39, 0.29) is 35.9 Å². The lowest BCUT2D eigenvalue weighted by molar-refractivity contribution is -0.385. The second-order valence-corrected chi connectivity index (χ2v) is 11.6. The van der Waals surface area contributed by atoms with E-state index in [0.29, 0.717) is 52.6 Å². The van der Waals surface area contributed by atoms with Gasteiger partial charge in [-0.15, -0.1) is 0 Å². The van der Waals surface area contributed by atoms with Crippen LogP contribution in [0.2, 0.25) is 0 Å². The van der Waals surface area contributed by atoms with E-state index < -0.39 is 22.7 Å². The van der Waals surface area contributed by atoms with Gasteiger partial charge in [0.15, 0.2) is 11.5 Å². The van der Waals surface area contributed by atoms with E-state index >= 15 is 0 Å². The average Bonchev–Trinajstić information content (AvgIpc) is 3.49. The highest BCUT2D eigenvalue weighted by Crippen LogP contribution is 2.56. The molecule has 3 N–H and O–H groups in total. The molecule has 1 aromatic heterocycles. The number of methoxy groups -OCH3 is 1. The Morgan fingerprint density at radius 3 is 2.81 bits per heavy atom. The number of Topliss-reactive ketones (excluding diaryl/α,β-unsaturated/α-hetero) is 2. The highest BCUT2D eigenvalue weighted by atomic mass is 33.1. The molecule has 12 nitrogen and oxygen atoms in total. The summed E-state index contributed by atoms with van der Waals surface area (Å²) in [6.07, 6.45) is 1.30. The van der Waals surface area contributed by atoms with Crippen LogP contribution < -0.4 is 11.1 Å². The molecular weight excluding hydrogens is 522 g/mol. The molecule has 1 aliphatic carbocycles. The van der Waals surface area contributed by atoms with Crippen LogP contribution in [0.4, 0.5) is 10.5 Å². The van der Waals surface area contributed by atoms with Gasteiger partial charge in [-0.2, -0.15) is 0 Å². The largest absolute Gasteiger partial charge is 0.449 e. The summed E-state index contributed by atoms with van der Waals surface area (Å²) < 4.78 is 11.1. The van der Waals surface area contributed by atoms with Crippen LogP contribution in [0.3, 0.4) is 0 Å². The second kappa shape index (κ2) is 9.74. The number of amides is 1. The summed E-state index contributed by atoms with van der Waals surface area (Å²) in [5.74, 6) is -0.402. The monoisotopic (exact) mass is 547 g/mol. The predicted molar refractivity (Wildman–Crippen MR) is 134 cm³/mol. The first-order valence-corrected chi connectivity index (χ1v) is 14.0. The molecule has 2 saturated heterocycles. The van der Waals surface area contributed by atoms with Gasteiger partial charge in [-0.05, 0) is 36.6 Å². The standard InChI is InChI=1S/C23H25N5O7S2/c1-11-13(4-3-7-36-37-16-6-5-12(8-25-16)28(32)33)20(30)17-14(10-35-22(24)31)23(34-2)21-15(26-21)9-27(23)18(17)19(11)29/h5-6,8,14-15,21,26H,3-4,7,9-10H2,1-2H3,(H2,24,31)/t14-,15+,21+,23-/m1/s1. The van der Waals surface area contributed by atoms with Gasteiger partial charge in [-0.25, -0.2) is 9.78 Å². The Hall–Kier alpha value is -2.94. The Bertz CT molecular complexity index is 1250. The number of carbonyl (C=O) groups excluding carboxylic acids is 3. The van der Waals surface area contributed by atoms with Crippen LogP contribution in [0, 0.1) is 16.0 Å². The number of piperazine rings is 1. The van der Waals surface area contributed by atoms with Crippen molar-refractivity contribution in [3.05, 3.63) is 50.9 Å². The summed E-state index contributed by atoms with van der Waals surface area (Å²) in [5.41, 5.74) is 5.72. The molecule has 0 aromatic carbocycles. The van der Waals surface area contributed by atoms with Gasteiger partial charge in [0.1, 0.15) is 17.8 Å². The van der Waals surface area contributed by atoms with E-state index in [1.165, 1.54) is 41.0 Å². The van der Waals surface area contributed by atoms with E-state index in [1.807, 2.05) is 4.90 Å². The maximum atomic E-state index is 13.8. The number of ketones is 2. The van der Waals surface area contributed by atoms with E-state index in [2.05, 4.69) is 10.3 Å². The van der Waals surface area contributed by atoms with Crippen molar-refractivity contribution in [3.63, 3.8) is 0 Å². The van der Waals surface area contributed by atoms with Crippen LogP contribution in [-0.4, -0.2) is 76.3 Å². The molecule has 196 valence electrons. The third kappa shape index (κ3) is 4.21. The summed E-state index contributed by atoms with van der Waals surface area (Å²) in [4.78, 5) is 54.9. The molecule has 1 amide bonds. The number of aromatic nitrogens is 1. The summed E-state index contributed by atoms with van der Waals surface area (Å²) in [7, 11) is 4.44. The smallest absolute Gasteiger partial charge is 0.404 e. The SMILES string of the molecule is CO[C@@]12[C@H](COC(N)=O)C3=C(C(=O)C(C)=C(CCCSSc4ccc([N+](=O)[O-])cn4)C3=O)N1C[C@@H]1N[C@@H]12. The number of ether oxygens (including phenoxy) is 2. The quantitative estimate of drug-likeness (QED) is 0.109. The summed E-state index contributed by atoms with van der Waals surface area (Å²) in [6.45, 7) is 2.04. The first kappa shape index (κ1) is 25.7. The van der Waals surface area contributed by atoms with Crippen molar-refractivity contribution >= 4 is 44.9 Å². The molecule has 0 unspecified atom stereocenters. The van der Waals surface area contributed by atoms with E-state index in [9.17, 15) is 24.5 Å². The topological polar surface area (TPSA) is 177 Å². The van der Waals surface area contributed by atoms with Gasteiger partial charge in [0, 0.05) is 48.2 Å². The number of fused-ring (bicyclic) bond motifs is 4. The van der Waals surface area contributed by atoms with Crippen molar-refractivity contribution < 1.29 is 28.8 Å². The van der Waals surface area contributed by atoms with Crippen molar-refractivity contribution in [2.45, 2.75) is 42.6 Å². The van der Waals surface area contributed by atoms with Gasteiger partial charge < -0.3 is 25.4 Å². The molecule has 0 saturated carbocycles. The van der Waals surface area contributed by atoms with Gasteiger partial charge in [0.25, 0.3) is 5.69 Å². The lowest BCUT2D eigenvalue weighted by Gasteiger charge is -2.39. The molecule has 37 heavy (non-hydrogen) atoms. The van der Waals surface area contributed by atoms with Crippen LogP contribution in [0.25, 0.3) is 0 Å². The number of carbonyl (C=O) groups is 3. The zero-order valence-corrected chi connectivity index (χ0v) is 21.7. The minimum absolute atomic E-state index is 0.0685. The minimum atomic E-state index is -0.990. The zero-order chi connectivity index (χ0) is 26.5. The number of allylic oxidation sites excluding steroid dienone is 2. The van der Waals surface area contributed by atoms with Crippen LogP contribution in [0.15, 0.2) is 45.8 Å². The number of nitrogens with two attached hydrogens (primary N) is 1. The van der Waals surface area contributed by atoms with Crippen LogP contribution >= 0.6 is 21.6 Å². The Morgan fingerprint density at radius 2 is 2.16 bits per heavy atom. The third-order valence-corrected chi connectivity index (χ3v) is 9.63. The summed E-state index contributed by atoms with van der Waals surface area (Å²) in [5, 5.41) is 14.7. The molecule has 5 rings (SSSR count). The Morgan fingerprint density at radius 1 is 1.38 bits per heavy atom. The molecule has 0 spiro atoms. The van der Waals surface area contributed by atoms with E-state index in [1.54, 1.807) is 13.0 Å². The van der Waals surface area contributed by atoms with Crippen LogP contribution in [0.5, 0.6) is 0 Å². The zero-order valence-electron chi connectivity index (χ0n) is 20.1. The number of nitrogens with one attached hydrogen (secondary N) is 1. The Labute approximate surface area is 219 Å². The second-order valence-electron chi connectivity index (χ2n) is 9.14. The lowest BCUT2D eigenvalue weighted by Crippen LogP contribution is -2.55. The predicted octanol–water partition coefficient (Wildman–Crippen LogP) is 1.96. The van der Waals surface area contributed by atoms with E-state index in [4.69, 9.17) is 15.2 Å². The maximum Gasteiger partial charge on any atom is 0.404 e. The number of rotatable bonds is 10. The van der Waals surface area contributed by atoms with Gasteiger partial charge >= 0.3 is 6.09 Å². The van der Waals surface area contributed by atoms with Crippen LogP contribution in [-0.2, 0) is 19.1 Å². The summed E-state index contributed by atoms with van der Waals surface area (Å²) in [6, 6.07) is 3.04. The number of primary amides is 1. The fourth-order valence-electron chi connectivity index (χ4n) is 5.58. The number of hydrogen-bond donors (Lipinski definition) is 2. The molecule has 4 aliphatic rings. The number of hydrogen-bond acceptors (Lipinski definition) is 12. The molecular formula is C23H25N5O7S2. The Balaban J connectivity index is 1.28. The van der Waals surface area contributed by atoms with Crippen molar-refractivity contribution in [2.24, 2.45) is 11.7 Å².